The van der Waals surface area contributed by atoms with Crippen molar-refractivity contribution in [1.82, 2.24) is 15.1 Å². The smallest absolute Gasteiger partial charge is 0.253 e. The predicted molar refractivity (Wildman–Crippen MR) is 109 cm³/mol. The molecular formula is C22H31N3O4. The van der Waals surface area contributed by atoms with Gasteiger partial charge in [0.2, 0.25) is 5.91 Å². The molecule has 7 nitrogen and oxygen atoms in total. The van der Waals surface area contributed by atoms with Gasteiger partial charge in [0.15, 0.2) is 0 Å². The number of nitrogens with zero attached hydrogens (tertiary/aromatic N) is 2. The molecule has 3 aliphatic rings. The van der Waals surface area contributed by atoms with E-state index in [1.807, 2.05) is 23.1 Å². The van der Waals surface area contributed by atoms with E-state index in [2.05, 4.69) is 10.2 Å². The number of methoxy groups -OCH3 is 2. The quantitative estimate of drug-likeness (QED) is 0.807. The highest BCUT2D eigenvalue weighted by Gasteiger charge is 2.63. The third-order valence-corrected chi connectivity index (χ3v) is 7.24. The van der Waals surface area contributed by atoms with Crippen LogP contribution in [0.4, 0.5) is 0 Å². The number of fused-ring (bicyclic) bond motifs is 1. The van der Waals surface area contributed by atoms with Crippen LogP contribution in [0.1, 0.15) is 29.6 Å². The first kappa shape index (κ1) is 20.2. The Morgan fingerprint density at radius 3 is 2.62 bits per heavy atom. The third-order valence-electron chi connectivity index (χ3n) is 7.24. The molecule has 4 rings (SSSR count). The van der Waals surface area contributed by atoms with Gasteiger partial charge in [0.1, 0.15) is 5.75 Å². The van der Waals surface area contributed by atoms with Crippen LogP contribution in [-0.4, -0.2) is 81.7 Å². The van der Waals surface area contributed by atoms with Crippen molar-refractivity contribution in [2.45, 2.75) is 19.3 Å². The molecule has 0 bridgehead atoms. The van der Waals surface area contributed by atoms with E-state index in [0.717, 1.165) is 45.4 Å². The van der Waals surface area contributed by atoms with Crippen molar-refractivity contribution in [2.75, 3.05) is 60.1 Å². The van der Waals surface area contributed by atoms with Crippen LogP contribution in [0.25, 0.3) is 0 Å². The molecule has 2 amide bonds. The fourth-order valence-corrected chi connectivity index (χ4v) is 5.61. The van der Waals surface area contributed by atoms with Crippen molar-refractivity contribution in [3.8, 4) is 5.75 Å². The van der Waals surface area contributed by atoms with Crippen LogP contribution in [0.15, 0.2) is 24.3 Å². The number of carbonyl (C=O) groups excluding carboxylic acids is 2. The van der Waals surface area contributed by atoms with Crippen LogP contribution in [0, 0.1) is 10.8 Å². The zero-order valence-corrected chi connectivity index (χ0v) is 17.4. The highest BCUT2D eigenvalue weighted by molar-refractivity contribution is 5.94. The Morgan fingerprint density at radius 2 is 1.97 bits per heavy atom. The van der Waals surface area contributed by atoms with Crippen LogP contribution in [0.3, 0.4) is 0 Å². The van der Waals surface area contributed by atoms with E-state index in [9.17, 15) is 9.59 Å². The van der Waals surface area contributed by atoms with Gasteiger partial charge in [-0.1, -0.05) is 6.07 Å². The summed E-state index contributed by atoms with van der Waals surface area (Å²) in [6.07, 6.45) is 2.61. The Morgan fingerprint density at radius 1 is 1.17 bits per heavy atom. The molecule has 0 aromatic heterocycles. The summed E-state index contributed by atoms with van der Waals surface area (Å²) >= 11 is 0. The minimum Gasteiger partial charge on any atom is -0.497 e. The van der Waals surface area contributed by atoms with Gasteiger partial charge in [-0.05, 0) is 37.5 Å². The third kappa shape index (κ3) is 3.40. The lowest BCUT2D eigenvalue weighted by molar-refractivity contribution is -0.133. The second-order valence-corrected chi connectivity index (χ2v) is 8.60. The zero-order chi connectivity index (χ0) is 20.5. The van der Waals surface area contributed by atoms with Gasteiger partial charge in [-0.15, -0.1) is 0 Å². The van der Waals surface area contributed by atoms with Gasteiger partial charge in [0.25, 0.3) is 5.91 Å². The van der Waals surface area contributed by atoms with Gasteiger partial charge in [-0.25, -0.2) is 0 Å². The Bertz CT molecular complexity index is 775. The number of nitrogens with one attached hydrogen (secondary N) is 1. The maximum Gasteiger partial charge on any atom is 0.253 e. The van der Waals surface area contributed by atoms with Crippen LogP contribution in [0.5, 0.6) is 5.75 Å². The summed E-state index contributed by atoms with van der Waals surface area (Å²) < 4.78 is 10.5. The molecule has 1 N–H and O–H groups in total. The predicted octanol–water partition coefficient (Wildman–Crippen LogP) is 1.39. The molecule has 3 fully saturated rings. The summed E-state index contributed by atoms with van der Waals surface area (Å²) in [5, 5.41) is 3.08. The maximum atomic E-state index is 13.0. The van der Waals surface area contributed by atoms with E-state index in [1.54, 1.807) is 20.3 Å². The first-order valence-corrected chi connectivity index (χ1v) is 10.5. The molecular weight excluding hydrogens is 370 g/mol. The minimum atomic E-state index is -0.328. The summed E-state index contributed by atoms with van der Waals surface area (Å²) in [5.41, 5.74) is 0.264. The first-order chi connectivity index (χ1) is 14.0. The van der Waals surface area contributed by atoms with Gasteiger partial charge >= 0.3 is 0 Å². The normalized spacial score (nSPS) is 26.3. The highest BCUT2D eigenvalue weighted by Crippen LogP contribution is 2.56. The molecule has 0 unspecified atom stereocenters. The highest BCUT2D eigenvalue weighted by atomic mass is 16.5. The number of ether oxygens (including phenoxy) is 2. The molecule has 1 aromatic carbocycles. The van der Waals surface area contributed by atoms with E-state index in [4.69, 9.17) is 9.47 Å². The average molecular weight is 402 g/mol. The van der Waals surface area contributed by atoms with Crippen molar-refractivity contribution in [1.29, 1.82) is 0 Å². The Hall–Kier alpha value is -2.12. The van der Waals surface area contributed by atoms with E-state index in [0.29, 0.717) is 31.0 Å². The van der Waals surface area contributed by atoms with Crippen LogP contribution in [-0.2, 0) is 9.53 Å². The summed E-state index contributed by atoms with van der Waals surface area (Å²) in [4.78, 5) is 30.3. The largest absolute Gasteiger partial charge is 0.497 e. The number of amides is 2. The zero-order valence-electron chi connectivity index (χ0n) is 17.4. The van der Waals surface area contributed by atoms with Gasteiger partial charge < -0.3 is 19.7 Å². The lowest BCUT2D eigenvalue weighted by atomic mass is 9.60. The first-order valence-electron chi connectivity index (χ1n) is 10.5. The summed E-state index contributed by atoms with van der Waals surface area (Å²) in [7, 11) is 3.32. The number of likely N-dealkylation sites (tertiary alicyclic amines) is 2. The molecule has 0 saturated carbocycles. The van der Waals surface area contributed by atoms with Crippen molar-refractivity contribution >= 4 is 11.8 Å². The number of hydrogen-bond donors (Lipinski definition) is 1. The number of benzene rings is 1. The molecule has 1 atom stereocenters. The molecule has 0 radical (unpaired) electrons. The minimum absolute atomic E-state index is 0.0397. The van der Waals surface area contributed by atoms with Gasteiger partial charge in [-0.3, -0.25) is 14.5 Å². The molecule has 0 aliphatic carbocycles. The maximum absolute atomic E-state index is 13.0. The molecule has 3 aliphatic heterocycles. The fourth-order valence-electron chi connectivity index (χ4n) is 5.61. The van der Waals surface area contributed by atoms with Gasteiger partial charge in [-0.2, -0.15) is 0 Å². The number of hydrogen-bond acceptors (Lipinski definition) is 5. The lowest BCUT2D eigenvalue weighted by Crippen LogP contribution is -2.53. The van der Waals surface area contributed by atoms with Crippen molar-refractivity contribution in [3.63, 3.8) is 0 Å². The fraction of sp³-hybridized carbons (Fsp3) is 0.636. The Balaban J connectivity index is 1.50. The van der Waals surface area contributed by atoms with Crippen molar-refractivity contribution < 1.29 is 19.1 Å². The molecule has 1 aromatic rings. The second-order valence-electron chi connectivity index (χ2n) is 8.60. The van der Waals surface area contributed by atoms with Crippen LogP contribution in [0.2, 0.25) is 0 Å². The number of carbonyl (C=O) groups is 2. The van der Waals surface area contributed by atoms with E-state index >= 15 is 0 Å². The molecule has 158 valence electrons. The number of piperidine rings is 1. The Kier molecular flexibility index (Phi) is 5.53. The SMILES string of the molecule is COCCN1CC2(CCN(C(=O)c3cccc(OC)c3)CC2)[C@@]2(CCNC2=O)C1. The van der Waals surface area contributed by atoms with E-state index in [1.165, 1.54) is 0 Å². The molecule has 3 saturated heterocycles. The van der Waals surface area contributed by atoms with Gasteiger partial charge in [0, 0.05) is 57.4 Å². The van der Waals surface area contributed by atoms with Gasteiger partial charge in [0.05, 0.1) is 19.1 Å². The van der Waals surface area contributed by atoms with Crippen LogP contribution < -0.4 is 10.1 Å². The monoisotopic (exact) mass is 401 g/mol. The van der Waals surface area contributed by atoms with Crippen molar-refractivity contribution in [2.24, 2.45) is 10.8 Å². The topological polar surface area (TPSA) is 71.1 Å². The van der Waals surface area contributed by atoms with E-state index < -0.39 is 0 Å². The average Bonchev–Trinajstić information content (AvgIpc) is 3.27. The molecule has 2 spiro atoms. The van der Waals surface area contributed by atoms with Crippen LogP contribution >= 0.6 is 0 Å². The molecule has 29 heavy (non-hydrogen) atoms. The molecule has 3 heterocycles. The van der Waals surface area contributed by atoms with Crippen molar-refractivity contribution in [3.05, 3.63) is 29.8 Å². The number of rotatable bonds is 5. The van der Waals surface area contributed by atoms with E-state index in [-0.39, 0.29) is 22.6 Å². The summed E-state index contributed by atoms with van der Waals surface area (Å²) in [6.45, 7) is 5.35. The molecule has 7 heteroatoms. The standard InChI is InChI=1S/C22H31N3O4/c1-28-13-12-24-15-21(22(16-24)6-9-23-20(22)27)7-10-25(11-8-21)19(26)17-4-3-5-18(14-17)29-2/h3-5,14H,6-13,15-16H2,1-2H3,(H,23,27)/t22-/m0/s1. The summed E-state index contributed by atoms with van der Waals surface area (Å²) in [5.74, 6) is 0.929. The second kappa shape index (κ2) is 7.95. The Labute approximate surface area is 172 Å². The summed E-state index contributed by atoms with van der Waals surface area (Å²) in [6, 6.07) is 7.32. The lowest BCUT2D eigenvalue weighted by Gasteiger charge is -2.46.